The third-order valence-electron chi connectivity index (χ3n) is 2.78. The number of carbonyl (C=O) groups is 1. The summed E-state index contributed by atoms with van der Waals surface area (Å²) < 4.78 is 0. The van der Waals surface area contributed by atoms with Gasteiger partial charge in [-0.25, -0.2) is 0 Å². The van der Waals surface area contributed by atoms with E-state index in [4.69, 9.17) is 0 Å². The Morgan fingerprint density at radius 2 is 2.06 bits per heavy atom. The summed E-state index contributed by atoms with van der Waals surface area (Å²) in [6.45, 7) is 11.7. The minimum Gasteiger partial charge on any atom is -0.352 e. The molecule has 1 aliphatic heterocycles. The number of rotatable bonds is 6. The zero-order valence-corrected chi connectivity index (χ0v) is 10.2. The quantitative estimate of drug-likeness (QED) is 0.507. The van der Waals surface area contributed by atoms with Crippen LogP contribution in [-0.4, -0.2) is 50.1 Å². The number of nitrogens with one attached hydrogen (secondary N) is 2. The van der Waals surface area contributed by atoms with E-state index in [9.17, 15) is 4.79 Å². The van der Waals surface area contributed by atoms with Crippen LogP contribution in [0.4, 0.5) is 0 Å². The molecule has 0 bridgehead atoms. The zero-order valence-electron chi connectivity index (χ0n) is 10.2. The molecule has 1 saturated heterocycles. The minimum atomic E-state index is -0.0258. The topological polar surface area (TPSA) is 44.4 Å². The number of amides is 1. The highest BCUT2D eigenvalue weighted by atomic mass is 16.1. The Balaban J connectivity index is 1.95. The van der Waals surface area contributed by atoms with Gasteiger partial charge in [0.15, 0.2) is 0 Å². The van der Waals surface area contributed by atoms with Crippen molar-refractivity contribution in [2.24, 2.45) is 0 Å². The van der Waals surface area contributed by atoms with Crippen molar-refractivity contribution >= 4 is 5.91 Å². The molecule has 0 aromatic rings. The summed E-state index contributed by atoms with van der Waals surface area (Å²) in [4.78, 5) is 13.6. The van der Waals surface area contributed by atoms with E-state index in [1.165, 1.54) is 0 Å². The first kappa shape index (κ1) is 13.2. The lowest BCUT2D eigenvalue weighted by Crippen LogP contribution is -2.43. The molecule has 4 heteroatoms. The van der Waals surface area contributed by atoms with Crippen molar-refractivity contribution in [2.45, 2.75) is 19.8 Å². The average Bonchev–Trinajstić information content (AvgIpc) is 2.29. The Kier molecular flexibility index (Phi) is 6.11. The third-order valence-corrected chi connectivity index (χ3v) is 2.78. The van der Waals surface area contributed by atoms with Crippen LogP contribution in [0.5, 0.6) is 0 Å². The van der Waals surface area contributed by atoms with Crippen LogP contribution in [0.2, 0.25) is 0 Å². The Morgan fingerprint density at radius 3 is 2.69 bits per heavy atom. The molecule has 0 aromatic heterocycles. The number of hydrogen-bond donors (Lipinski definition) is 2. The van der Waals surface area contributed by atoms with Gasteiger partial charge in [-0.1, -0.05) is 6.58 Å². The number of piperazine rings is 1. The highest BCUT2D eigenvalue weighted by Gasteiger charge is 2.08. The molecular formula is C12H23N3O. The standard InChI is InChI=1S/C12H23N3O/c1-11(2)12(16)14-5-3-4-8-15-9-6-13-7-10-15/h13H,1,3-10H2,2H3,(H,14,16). The van der Waals surface area contributed by atoms with Crippen LogP contribution in [0.3, 0.4) is 0 Å². The van der Waals surface area contributed by atoms with Crippen LogP contribution in [0.25, 0.3) is 0 Å². The van der Waals surface area contributed by atoms with Gasteiger partial charge in [-0.05, 0) is 26.3 Å². The van der Waals surface area contributed by atoms with Gasteiger partial charge in [0.25, 0.3) is 0 Å². The van der Waals surface area contributed by atoms with Crippen LogP contribution in [-0.2, 0) is 4.79 Å². The molecule has 0 atom stereocenters. The van der Waals surface area contributed by atoms with E-state index in [1.807, 2.05) is 0 Å². The predicted molar refractivity (Wildman–Crippen MR) is 66.4 cm³/mol. The van der Waals surface area contributed by atoms with Crippen LogP contribution in [0.1, 0.15) is 19.8 Å². The van der Waals surface area contributed by atoms with Crippen molar-refractivity contribution in [3.8, 4) is 0 Å². The second-order valence-corrected chi connectivity index (χ2v) is 4.33. The molecule has 1 fully saturated rings. The highest BCUT2D eigenvalue weighted by Crippen LogP contribution is 1.97. The van der Waals surface area contributed by atoms with Gasteiger partial charge in [-0.3, -0.25) is 4.79 Å². The van der Waals surface area contributed by atoms with Gasteiger partial charge in [0.1, 0.15) is 0 Å². The van der Waals surface area contributed by atoms with E-state index in [-0.39, 0.29) is 5.91 Å². The molecule has 0 aliphatic carbocycles. The minimum absolute atomic E-state index is 0.0258. The van der Waals surface area contributed by atoms with Gasteiger partial charge in [0.05, 0.1) is 0 Å². The first-order valence-electron chi connectivity index (χ1n) is 6.07. The van der Waals surface area contributed by atoms with Gasteiger partial charge < -0.3 is 15.5 Å². The normalized spacial score (nSPS) is 17.1. The van der Waals surface area contributed by atoms with Crippen molar-refractivity contribution < 1.29 is 4.79 Å². The first-order chi connectivity index (χ1) is 7.70. The van der Waals surface area contributed by atoms with E-state index in [0.717, 1.165) is 52.1 Å². The molecule has 1 amide bonds. The monoisotopic (exact) mass is 225 g/mol. The summed E-state index contributed by atoms with van der Waals surface area (Å²) in [6, 6.07) is 0. The fourth-order valence-corrected chi connectivity index (χ4v) is 1.75. The van der Waals surface area contributed by atoms with Gasteiger partial charge >= 0.3 is 0 Å². The summed E-state index contributed by atoms with van der Waals surface area (Å²) in [5.41, 5.74) is 0.585. The van der Waals surface area contributed by atoms with E-state index < -0.39 is 0 Å². The summed E-state index contributed by atoms with van der Waals surface area (Å²) in [7, 11) is 0. The maximum atomic E-state index is 11.2. The largest absolute Gasteiger partial charge is 0.352 e. The van der Waals surface area contributed by atoms with Gasteiger partial charge in [0.2, 0.25) is 5.91 Å². The third kappa shape index (κ3) is 5.28. The molecule has 0 spiro atoms. The van der Waals surface area contributed by atoms with Crippen LogP contribution >= 0.6 is 0 Å². The van der Waals surface area contributed by atoms with E-state index in [0.29, 0.717) is 5.57 Å². The van der Waals surface area contributed by atoms with Crippen molar-refractivity contribution in [2.75, 3.05) is 39.3 Å². The first-order valence-corrected chi connectivity index (χ1v) is 6.07. The maximum Gasteiger partial charge on any atom is 0.246 e. The van der Waals surface area contributed by atoms with Crippen LogP contribution in [0.15, 0.2) is 12.2 Å². The van der Waals surface area contributed by atoms with E-state index in [2.05, 4.69) is 22.1 Å². The lowest BCUT2D eigenvalue weighted by Gasteiger charge is -2.27. The molecule has 0 aromatic carbocycles. The molecule has 1 aliphatic rings. The molecule has 1 rings (SSSR count). The maximum absolute atomic E-state index is 11.2. The highest BCUT2D eigenvalue weighted by molar-refractivity contribution is 5.91. The average molecular weight is 225 g/mol. The number of nitrogens with zero attached hydrogens (tertiary/aromatic N) is 1. The Hall–Kier alpha value is -0.870. The second-order valence-electron chi connectivity index (χ2n) is 4.33. The Labute approximate surface area is 98.1 Å². The Bertz CT molecular complexity index is 234. The Morgan fingerprint density at radius 1 is 1.38 bits per heavy atom. The molecule has 1 heterocycles. The molecule has 92 valence electrons. The van der Waals surface area contributed by atoms with Gasteiger partial charge in [0, 0.05) is 38.3 Å². The van der Waals surface area contributed by atoms with Crippen molar-refractivity contribution in [3.63, 3.8) is 0 Å². The molecule has 0 radical (unpaired) electrons. The van der Waals surface area contributed by atoms with Crippen LogP contribution in [0, 0.1) is 0 Å². The predicted octanol–water partition coefficient (Wildman–Crippen LogP) is 0.364. The molecular weight excluding hydrogens is 202 g/mol. The second kappa shape index (κ2) is 7.41. The van der Waals surface area contributed by atoms with Gasteiger partial charge in [-0.15, -0.1) is 0 Å². The summed E-state index contributed by atoms with van der Waals surface area (Å²) >= 11 is 0. The number of unbranched alkanes of at least 4 members (excludes halogenated alkanes) is 1. The summed E-state index contributed by atoms with van der Waals surface area (Å²) in [6.07, 6.45) is 2.19. The molecule has 0 unspecified atom stereocenters. The SMILES string of the molecule is C=C(C)C(=O)NCCCCN1CCNCC1. The smallest absolute Gasteiger partial charge is 0.246 e. The van der Waals surface area contributed by atoms with Gasteiger partial charge in [-0.2, -0.15) is 0 Å². The molecule has 16 heavy (non-hydrogen) atoms. The fraction of sp³-hybridized carbons (Fsp3) is 0.750. The van der Waals surface area contributed by atoms with Crippen molar-refractivity contribution in [1.82, 2.24) is 15.5 Å². The fourth-order valence-electron chi connectivity index (χ4n) is 1.75. The number of carbonyl (C=O) groups excluding carboxylic acids is 1. The lowest BCUT2D eigenvalue weighted by atomic mass is 10.2. The summed E-state index contributed by atoms with van der Waals surface area (Å²) in [5.74, 6) is -0.0258. The van der Waals surface area contributed by atoms with E-state index >= 15 is 0 Å². The lowest BCUT2D eigenvalue weighted by molar-refractivity contribution is -0.117. The zero-order chi connectivity index (χ0) is 11.8. The van der Waals surface area contributed by atoms with Crippen molar-refractivity contribution in [1.29, 1.82) is 0 Å². The summed E-state index contributed by atoms with van der Waals surface area (Å²) in [5, 5.41) is 6.19. The van der Waals surface area contributed by atoms with Crippen molar-refractivity contribution in [3.05, 3.63) is 12.2 Å². The molecule has 0 saturated carbocycles. The molecule has 4 nitrogen and oxygen atoms in total. The number of hydrogen-bond acceptors (Lipinski definition) is 3. The molecule has 2 N–H and O–H groups in total. The van der Waals surface area contributed by atoms with Crippen LogP contribution < -0.4 is 10.6 Å². The van der Waals surface area contributed by atoms with E-state index in [1.54, 1.807) is 6.92 Å².